The van der Waals surface area contributed by atoms with Crippen molar-refractivity contribution < 1.29 is 4.74 Å². The van der Waals surface area contributed by atoms with Gasteiger partial charge in [-0.25, -0.2) is 0 Å². The van der Waals surface area contributed by atoms with Crippen molar-refractivity contribution in [2.75, 3.05) is 6.61 Å². The Kier molecular flexibility index (Phi) is 2.85. The molecule has 0 saturated heterocycles. The highest BCUT2D eigenvalue weighted by atomic mass is 16.5. The Bertz CT molecular complexity index is 588. The van der Waals surface area contributed by atoms with Crippen molar-refractivity contribution in [3.63, 3.8) is 0 Å². The van der Waals surface area contributed by atoms with Crippen LogP contribution in [0, 0.1) is 0 Å². The zero-order chi connectivity index (χ0) is 13.5. The molecule has 0 aliphatic carbocycles. The van der Waals surface area contributed by atoms with E-state index in [1.54, 1.807) is 0 Å². The van der Waals surface area contributed by atoms with E-state index in [1.807, 2.05) is 0 Å². The Morgan fingerprint density at radius 1 is 0.895 bits per heavy atom. The molecule has 98 valence electrons. The molecule has 0 aromatic heterocycles. The van der Waals surface area contributed by atoms with Crippen molar-refractivity contribution in [2.45, 2.75) is 32.6 Å². The molecule has 0 fully saturated rings. The Labute approximate surface area is 115 Å². The van der Waals surface area contributed by atoms with Gasteiger partial charge in [-0.15, -0.1) is 0 Å². The van der Waals surface area contributed by atoms with Gasteiger partial charge < -0.3 is 4.74 Å². The maximum Gasteiger partial charge on any atom is 0.123 e. The maximum atomic E-state index is 5.64. The summed E-state index contributed by atoms with van der Waals surface area (Å²) in [5.74, 6) is 1.05. The summed E-state index contributed by atoms with van der Waals surface area (Å²) in [6.45, 7) is 7.55. The van der Waals surface area contributed by atoms with Gasteiger partial charge in [-0.3, -0.25) is 0 Å². The zero-order valence-electron chi connectivity index (χ0n) is 11.9. The zero-order valence-corrected chi connectivity index (χ0v) is 11.9. The van der Waals surface area contributed by atoms with Crippen LogP contribution in [0.15, 0.2) is 42.5 Å². The number of benzene rings is 2. The second-order valence-corrected chi connectivity index (χ2v) is 6.25. The van der Waals surface area contributed by atoms with Crippen LogP contribution in [0.2, 0.25) is 0 Å². The summed E-state index contributed by atoms with van der Waals surface area (Å²) in [6, 6.07) is 15.4. The summed E-state index contributed by atoms with van der Waals surface area (Å²) >= 11 is 0. The van der Waals surface area contributed by atoms with Crippen molar-refractivity contribution >= 4 is 0 Å². The van der Waals surface area contributed by atoms with Crippen LogP contribution >= 0.6 is 0 Å². The van der Waals surface area contributed by atoms with E-state index in [1.165, 1.54) is 22.3 Å². The van der Waals surface area contributed by atoms with E-state index in [9.17, 15) is 0 Å². The topological polar surface area (TPSA) is 9.23 Å². The van der Waals surface area contributed by atoms with E-state index in [0.717, 1.165) is 18.8 Å². The molecule has 19 heavy (non-hydrogen) atoms. The highest BCUT2D eigenvalue weighted by Crippen LogP contribution is 2.32. The molecule has 1 heterocycles. The molecule has 0 spiro atoms. The molecular formula is C18H20O. The lowest BCUT2D eigenvalue weighted by Crippen LogP contribution is -2.10. The molecule has 0 atom stereocenters. The lowest BCUT2D eigenvalue weighted by atomic mass is 9.86. The summed E-state index contributed by atoms with van der Waals surface area (Å²) in [7, 11) is 0. The van der Waals surface area contributed by atoms with E-state index >= 15 is 0 Å². The number of rotatable bonds is 1. The van der Waals surface area contributed by atoms with E-state index < -0.39 is 0 Å². The number of hydrogen-bond donors (Lipinski definition) is 0. The van der Waals surface area contributed by atoms with Gasteiger partial charge in [0.25, 0.3) is 0 Å². The van der Waals surface area contributed by atoms with E-state index in [2.05, 4.69) is 63.2 Å². The van der Waals surface area contributed by atoms with Crippen molar-refractivity contribution in [3.05, 3.63) is 53.6 Å². The van der Waals surface area contributed by atoms with Gasteiger partial charge in [-0.1, -0.05) is 57.2 Å². The number of ether oxygens (including phenoxy) is 1. The summed E-state index contributed by atoms with van der Waals surface area (Å²) in [6.07, 6.45) is 1.04. The van der Waals surface area contributed by atoms with Gasteiger partial charge in [0.15, 0.2) is 0 Å². The van der Waals surface area contributed by atoms with Gasteiger partial charge in [0.05, 0.1) is 6.61 Å². The molecule has 2 aromatic rings. The lowest BCUT2D eigenvalue weighted by molar-refractivity contribution is 0.357. The Morgan fingerprint density at radius 2 is 1.58 bits per heavy atom. The van der Waals surface area contributed by atoms with Gasteiger partial charge in [0.1, 0.15) is 5.75 Å². The number of hydrogen-bond acceptors (Lipinski definition) is 1. The van der Waals surface area contributed by atoms with Gasteiger partial charge in [0.2, 0.25) is 0 Å². The fraction of sp³-hybridized carbons (Fsp3) is 0.333. The predicted octanol–water partition coefficient (Wildman–Crippen LogP) is 4.59. The molecular weight excluding hydrogens is 232 g/mol. The normalized spacial score (nSPS) is 14.1. The Morgan fingerprint density at radius 3 is 2.26 bits per heavy atom. The van der Waals surface area contributed by atoms with Gasteiger partial charge in [0, 0.05) is 6.42 Å². The minimum atomic E-state index is 0.208. The van der Waals surface area contributed by atoms with Gasteiger partial charge in [-0.2, -0.15) is 0 Å². The molecule has 3 rings (SSSR count). The molecule has 0 radical (unpaired) electrons. The first-order chi connectivity index (χ1) is 9.04. The fourth-order valence-electron chi connectivity index (χ4n) is 2.51. The maximum absolute atomic E-state index is 5.64. The molecule has 1 aliphatic rings. The summed E-state index contributed by atoms with van der Waals surface area (Å²) in [5.41, 5.74) is 5.40. The molecule has 0 saturated carbocycles. The van der Waals surface area contributed by atoms with Crippen molar-refractivity contribution in [1.29, 1.82) is 0 Å². The van der Waals surface area contributed by atoms with Crippen LogP contribution in [0.1, 0.15) is 31.9 Å². The van der Waals surface area contributed by atoms with Gasteiger partial charge >= 0.3 is 0 Å². The Hall–Kier alpha value is -1.76. The molecule has 0 amide bonds. The summed E-state index contributed by atoms with van der Waals surface area (Å²) < 4.78 is 5.64. The smallest absolute Gasteiger partial charge is 0.123 e. The van der Waals surface area contributed by atoms with Crippen LogP contribution in [0.5, 0.6) is 5.75 Å². The largest absolute Gasteiger partial charge is 0.493 e. The van der Waals surface area contributed by atoms with E-state index in [-0.39, 0.29) is 5.41 Å². The third-order valence-electron chi connectivity index (χ3n) is 3.78. The first kappa shape index (κ1) is 12.3. The third-order valence-corrected chi connectivity index (χ3v) is 3.78. The van der Waals surface area contributed by atoms with Crippen LogP contribution in [0.3, 0.4) is 0 Å². The van der Waals surface area contributed by atoms with Crippen LogP contribution < -0.4 is 4.74 Å². The highest BCUT2D eigenvalue weighted by molar-refractivity contribution is 5.67. The molecule has 0 unspecified atom stereocenters. The molecule has 1 aliphatic heterocycles. The molecule has 1 nitrogen and oxygen atoms in total. The quantitative estimate of drug-likeness (QED) is 0.721. The predicted molar refractivity (Wildman–Crippen MR) is 79.8 cm³/mol. The minimum absolute atomic E-state index is 0.208. The van der Waals surface area contributed by atoms with Crippen molar-refractivity contribution in [1.82, 2.24) is 0 Å². The first-order valence-electron chi connectivity index (χ1n) is 6.91. The molecule has 0 bridgehead atoms. The Balaban J connectivity index is 1.94. The van der Waals surface area contributed by atoms with Crippen molar-refractivity contribution in [3.8, 4) is 16.9 Å². The van der Waals surface area contributed by atoms with E-state index in [4.69, 9.17) is 4.74 Å². The summed E-state index contributed by atoms with van der Waals surface area (Å²) in [4.78, 5) is 0. The number of fused-ring (bicyclic) bond motifs is 1. The average molecular weight is 252 g/mol. The van der Waals surface area contributed by atoms with Crippen LogP contribution in [0.25, 0.3) is 11.1 Å². The fourth-order valence-corrected chi connectivity index (χ4v) is 2.51. The second-order valence-electron chi connectivity index (χ2n) is 6.25. The SMILES string of the molecule is CC(C)(C)c1ccc(-c2ccc3c(c2)OCC3)cc1. The monoisotopic (exact) mass is 252 g/mol. The first-order valence-corrected chi connectivity index (χ1v) is 6.91. The standard InChI is InChI=1S/C18H20O/c1-18(2,3)16-8-6-13(7-9-16)15-5-4-14-10-11-19-17(14)12-15/h4-9,12H,10-11H2,1-3H3. The van der Waals surface area contributed by atoms with Gasteiger partial charge in [-0.05, 0) is 33.7 Å². The molecule has 1 heteroatoms. The third kappa shape index (κ3) is 2.37. The lowest BCUT2D eigenvalue weighted by Gasteiger charge is -2.19. The van der Waals surface area contributed by atoms with Crippen LogP contribution in [-0.2, 0) is 11.8 Å². The van der Waals surface area contributed by atoms with Crippen LogP contribution in [0.4, 0.5) is 0 Å². The minimum Gasteiger partial charge on any atom is -0.493 e. The molecule has 2 aromatic carbocycles. The van der Waals surface area contributed by atoms with Crippen molar-refractivity contribution in [2.24, 2.45) is 0 Å². The van der Waals surface area contributed by atoms with Crippen LogP contribution in [-0.4, -0.2) is 6.61 Å². The average Bonchev–Trinajstić information content (AvgIpc) is 2.85. The second kappa shape index (κ2) is 4.41. The summed E-state index contributed by atoms with van der Waals surface area (Å²) in [5, 5.41) is 0. The molecule has 0 N–H and O–H groups in total. The highest BCUT2D eigenvalue weighted by Gasteiger charge is 2.15. The van der Waals surface area contributed by atoms with E-state index in [0.29, 0.717) is 0 Å².